The van der Waals surface area contributed by atoms with E-state index in [4.69, 9.17) is 4.42 Å². The lowest BCUT2D eigenvalue weighted by atomic mass is 10.1. The van der Waals surface area contributed by atoms with E-state index in [2.05, 4.69) is 10.3 Å². The fraction of sp³-hybridized carbons (Fsp3) is 0.273. The maximum atomic E-state index is 14.2. The molecule has 1 amide bonds. The van der Waals surface area contributed by atoms with Crippen LogP contribution in [0, 0.1) is 11.6 Å². The zero-order valence-corrected chi connectivity index (χ0v) is 18.2. The van der Waals surface area contributed by atoms with E-state index in [1.54, 1.807) is 4.72 Å². The number of hydrogen-bond donors (Lipinski definition) is 2. The van der Waals surface area contributed by atoms with Gasteiger partial charge < -0.3 is 9.73 Å². The van der Waals surface area contributed by atoms with Crippen LogP contribution in [-0.2, 0) is 10.0 Å². The van der Waals surface area contributed by atoms with E-state index in [1.165, 1.54) is 18.8 Å². The first kappa shape index (κ1) is 21.9. The number of rotatable bonds is 7. The topological polar surface area (TPSA) is 101 Å². The van der Waals surface area contributed by atoms with E-state index in [1.807, 2.05) is 24.3 Å². The second kappa shape index (κ2) is 8.34. The molecule has 7 nitrogen and oxygen atoms in total. The van der Waals surface area contributed by atoms with Gasteiger partial charge in [-0.05, 0) is 61.1 Å². The molecule has 0 aliphatic heterocycles. The molecule has 1 fully saturated rings. The molecule has 1 saturated carbocycles. The summed E-state index contributed by atoms with van der Waals surface area (Å²) in [6, 6.07) is 8.94. The molecule has 1 aliphatic carbocycles. The molecule has 2 N–H and O–H groups in total. The summed E-state index contributed by atoms with van der Waals surface area (Å²) in [5.41, 5.74) is 1.34. The summed E-state index contributed by atoms with van der Waals surface area (Å²) in [5.74, 6) is -1.89. The first-order chi connectivity index (χ1) is 15.1. The third-order valence-electron chi connectivity index (χ3n) is 5.12. The van der Waals surface area contributed by atoms with Crippen molar-refractivity contribution in [3.63, 3.8) is 0 Å². The summed E-state index contributed by atoms with van der Waals surface area (Å²) in [4.78, 5) is 16.8. The van der Waals surface area contributed by atoms with Gasteiger partial charge in [-0.1, -0.05) is 12.1 Å². The molecule has 4 rings (SSSR count). The van der Waals surface area contributed by atoms with Crippen LogP contribution in [0.1, 0.15) is 53.3 Å². The zero-order valence-electron chi connectivity index (χ0n) is 17.4. The second-order valence-electron chi connectivity index (χ2n) is 7.87. The lowest BCUT2D eigenvalue weighted by molar-refractivity contribution is 0.0934. The summed E-state index contributed by atoms with van der Waals surface area (Å²) in [6.45, 7) is 1.54. The van der Waals surface area contributed by atoms with Gasteiger partial charge in [0.25, 0.3) is 5.91 Å². The van der Waals surface area contributed by atoms with Crippen LogP contribution in [0.4, 0.5) is 14.5 Å². The van der Waals surface area contributed by atoms with Crippen molar-refractivity contribution in [2.45, 2.75) is 31.7 Å². The molecule has 0 spiro atoms. The molecule has 0 radical (unpaired) electrons. The van der Waals surface area contributed by atoms with Crippen molar-refractivity contribution < 1.29 is 26.4 Å². The Bertz CT molecular complexity index is 1260. The molecule has 32 heavy (non-hydrogen) atoms. The van der Waals surface area contributed by atoms with Crippen LogP contribution >= 0.6 is 0 Å². The zero-order chi connectivity index (χ0) is 23.0. The van der Waals surface area contributed by atoms with Crippen molar-refractivity contribution in [2.75, 3.05) is 11.0 Å². The molecule has 0 bridgehead atoms. The highest BCUT2D eigenvalue weighted by atomic mass is 32.2. The summed E-state index contributed by atoms with van der Waals surface area (Å²) < 4.78 is 58.3. The van der Waals surface area contributed by atoms with Gasteiger partial charge >= 0.3 is 0 Å². The number of carbonyl (C=O) groups excluding carboxylic acids is 1. The Kier molecular flexibility index (Phi) is 5.72. The van der Waals surface area contributed by atoms with Crippen molar-refractivity contribution in [3.8, 4) is 11.5 Å². The van der Waals surface area contributed by atoms with Crippen LogP contribution in [0.15, 0.2) is 47.1 Å². The first-order valence-corrected chi connectivity index (χ1v) is 11.8. The predicted molar refractivity (Wildman–Crippen MR) is 115 cm³/mol. The highest BCUT2D eigenvalue weighted by Crippen LogP contribution is 2.41. The number of carbonyl (C=O) groups is 1. The number of amides is 1. The van der Waals surface area contributed by atoms with Gasteiger partial charge in [0.05, 0.1) is 12.3 Å². The quantitative estimate of drug-likeness (QED) is 0.544. The Morgan fingerprint density at radius 1 is 1.19 bits per heavy atom. The van der Waals surface area contributed by atoms with Crippen molar-refractivity contribution in [1.82, 2.24) is 10.3 Å². The van der Waals surface area contributed by atoms with Crippen molar-refractivity contribution in [2.24, 2.45) is 0 Å². The minimum Gasteiger partial charge on any atom is -0.444 e. The smallest absolute Gasteiger partial charge is 0.273 e. The van der Waals surface area contributed by atoms with E-state index in [0.717, 1.165) is 36.8 Å². The van der Waals surface area contributed by atoms with Crippen LogP contribution in [-0.4, -0.2) is 25.6 Å². The Morgan fingerprint density at radius 2 is 1.88 bits per heavy atom. The number of sulfonamides is 1. The van der Waals surface area contributed by atoms with Crippen LogP contribution < -0.4 is 10.0 Å². The molecular weight excluding hydrogens is 440 g/mol. The van der Waals surface area contributed by atoms with Gasteiger partial charge in [-0.3, -0.25) is 9.52 Å². The highest BCUT2D eigenvalue weighted by molar-refractivity contribution is 7.92. The Morgan fingerprint density at radius 3 is 2.50 bits per heavy atom. The standard InChI is InChI=1S/C22H21F2N3O4S/c1-12(16-9-17(23)20(18(24)10-16)27-32(2,29)30)25-21(28)19-11-31-22(26-19)15-5-3-4-14(8-15)13-6-7-13/h3-5,8-13,27H,6-7H2,1-2H3,(H,25,28)/t12-/m1/s1. The lowest BCUT2D eigenvalue weighted by Crippen LogP contribution is -2.27. The fourth-order valence-electron chi connectivity index (χ4n) is 3.33. The summed E-state index contributed by atoms with van der Waals surface area (Å²) >= 11 is 0. The van der Waals surface area contributed by atoms with Gasteiger partial charge in [0, 0.05) is 5.56 Å². The number of oxazole rings is 1. The Labute approximate surface area is 183 Å². The van der Waals surface area contributed by atoms with E-state index < -0.39 is 39.3 Å². The number of anilines is 1. The maximum absolute atomic E-state index is 14.2. The van der Waals surface area contributed by atoms with Crippen molar-refractivity contribution in [3.05, 3.63) is 71.1 Å². The minimum atomic E-state index is -3.85. The highest BCUT2D eigenvalue weighted by Gasteiger charge is 2.24. The second-order valence-corrected chi connectivity index (χ2v) is 9.62. The molecule has 1 aliphatic rings. The molecule has 10 heteroatoms. The number of aromatic nitrogens is 1. The van der Waals surface area contributed by atoms with Gasteiger partial charge in [0.15, 0.2) is 17.3 Å². The largest absolute Gasteiger partial charge is 0.444 e. The van der Waals surface area contributed by atoms with Crippen LogP contribution in [0.3, 0.4) is 0 Å². The van der Waals surface area contributed by atoms with Gasteiger partial charge in [-0.2, -0.15) is 0 Å². The number of benzene rings is 2. The molecule has 168 valence electrons. The summed E-state index contributed by atoms with van der Waals surface area (Å²) in [5, 5.41) is 2.61. The third-order valence-corrected chi connectivity index (χ3v) is 5.69. The van der Waals surface area contributed by atoms with Crippen LogP contribution in [0.2, 0.25) is 0 Å². The Balaban J connectivity index is 1.48. The number of nitrogens with zero attached hydrogens (tertiary/aromatic N) is 1. The number of nitrogens with one attached hydrogen (secondary N) is 2. The third kappa shape index (κ3) is 4.96. The molecular formula is C22H21F2N3O4S. The molecule has 1 atom stereocenters. The summed E-state index contributed by atoms with van der Waals surface area (Å²) in [7, 11) is -3.85. The average molecular weight is 461 g/mol. The lowest BCUT2D eigenvalue weighted by Gasteiger charge is -2.15. The minimum absolute atomic E-state index is 0.0278. The first-order valence-electron chi connectivity index (χ1n) is 9.94. The monoisotopic (exact) mass is 461 g/mol. The van der Waals surface area contributed by atoms with E-state index in [-0.39, 0.29) is 11.3 Å². The van der Waals surface area contributed by atoms with E-state index in [0.29, 0.717) is 11.8 Å². The van der Waals surface area contributed by atoms with Crippen molar-refractivity contribution >= 4 is 21.6 Å². The number of halogens is 2. The van der Waals surface area contributed by atoms with Gasteiger partial charge in [-0.25, -0.2) is 22.2 Å². The SMILES string of the molecule is C[C@@H](NC(=O)c1coc(-c2cccc(C3CC3)c2)n1)c1cc(F)c(NS(C)(=O)=O)c(F)c1. The van der Waals surface area contributed by atoms with Gasteiger partial charge in [0.1, 0.15) is 12.0 Å². The molecule has 3 aromatic rings. The van der Waals surface area contributed by atoms with Gasteiger partial charge in [-0.15, -0.1) is 0 Å². The van der Waals surface area contributed by atoms with Crippen LogP contribution in [0.5, 0.6) is 0 Å². The number of hydrogen-bond acceptors (Lipinski definition) is 5. The summed E-state index contributed by atoms with van der Waals surface area (Å²) in [6.07, 6.45) is 4.33. The normalized spacial score (nSPS) is 14.8. The van der Waals surface area contributed by atoms with Crippen molar-refractivity contribution in [1.29, 1.82) is 0 Å². The average Bonchev–Trinajstić information content (AvgIpc) is 3.46. The molecule has 1 aromatic heterocycles. The van der Waals surface area contributed by atoms with Crippen LogP contribution in [0.25, 0.3) is 11.5 Å². The Hall–Kier alpha value is -3.27. The van der Waals surface area contributed by atoms with E-state index >= 15 is 0 Å². The molecule has 2 aromatic carbocycles. The molecule has 0 saturated heterocycles. The van der Waals surface area contributed by atoms with E-state index in [9.17, 15) is 22.0 Å². The molecule has 1 heterocycles. The predicted octanol–water partition coefficient (Wildman–Crippen LogP) is 4.36. The van der Waals surface area contributed by atoms with Gasteiger partial charge in [0.2, 0.25) is 15.9 Å². The maximum Gasteiger partial charge on any atom is 0.273 e. The molecule has 0 unspecified atom stereocenters. The fourth-order valence-corrected chi connectivity index (χ4v) is 3.90.